The molecule has 0 N–H and O–H groups in total. The summed E-state index contributed by atoms with van der Waals surface area (Å²) >= 11 is 0. The SMILES string of the molecule is CC\C=C/C=C\C=C/C=C\C=C/CCCC(=O)OCC(COC(=O)CCCCC\C=C/C=C/C=C\C=C/C=C\C=C/CC)OC(=O)CCCCCCCCC/C=C\CCCCCC. The summed E-state index contributed by atoms with van der Waals surface area (Å²) < 4.78 is 16.7. The molecule has 0 radical (unpaired) electrons. The number of hydrogen-bond donors (Lipinski definition) is 0. The Morgan fingerprint density at radius 2 is 0.651 bits per heavy atom. The Bertz CT molecular complexity index is 1460. The van der Waals surface area contributed by atoms with Crippen molar-refractivity contribution in [3.8, 4) is 0 Å². The smallest absolute Gasteiger partial charge is 0.306 e. The van der Waals surface area contributed by atoms with Gasteiger partial charge >= 0.3 is 17.9 Å². The van der Waals surface area contributed by atoms with Crippen molar-refractivity contribution < 1.29 is 28.6 Å². The Labute approximate surface area is 385 Å². The molecule has 0 spiro atoms. The Morgan fingerprint density at radius 1 is 0.333 bits per heavy atom. The minimum absolute atomic E-state index is 0.132. The molecule has 0 aliphatic heterocycles. The zero-order valence-electron chi connectivity index (χ0n) is 39.8. The fourth-order valence-corrected chi connectivity index (χ4v) is 5.97. The van der Waals surface area contributed by atoms with Crippen LogP contribution in [0.5, 0.6) is 0 Å². The minimum atomic E-state index is -0.833. The van der Waals surface area contributed by atoms with Crippen LogP contribution in [0.2, 0.25) is 0 Å². The maximum Gasteiger partial charge on any atom is 0.306 e. The predicted octanol–water partition coefficient (Wildman–Crippen LogP) is 16.1. The lowest BCUT2D eigenvalue weighted by atomic mass is 10.1. The fourth-order valence-electron chi connectivity index (χ4n) is 5.97. The van der Waals surface area contributed by atoms with Crippen molar-refractivity contribution in [3.05, 3.63) is 146 Å². The molecule has 0 amide bonds. The van der Waals surface area contributed by atoms with Gasteiger partial charge in [0.2, 0.25) is 0 Å². The quantitative estimate of drug-likeness (QED) is 0.0200. The molecule has 6 nitrogen and oxygen atoms in total. The average Bonchev–Trinajstić information content (AvgIpc) is 3.28. The van der Waals surface area contributed by atoms with Crippen LogP contribution < -0.4 is 0 Å². The second-order valence-corrected chi connectivity index (χ2v) is 15.5. The molecule has 0 aromatic heterocycles. The number of rotatable bonds is 41. The molecule has 0 heterocycles. The van der Waals surface area contributed by atoms with Crippen LogP contribution in [0.3, 0.4) is 0 Å². The van der Waals surface area contributed by atoms with Crippen LogP contribution in [0.4, 0.5) is 0 Å². The van der Waals surface area contributed by atoms with E-state index in [4.69, 9.17) is 14.2 Å². The normalized spacial score (nSPS) is 13.4. The summed E-state index contributed by atoms with van der Waals surface area (Å²) in [7, 11) is 0. The molecule has 0 aliphatic rings. The predicted molar refractivity (Wildman–Crippen MR) is 269 cm³/mol. The third-order valence-corrected chi connectivity index (χ3v) is 9.60. The molecule has 0 fully saturated rings. The lowest BCUT2D eigenvalue weighted by Gasteiger charge is -2.18. The molecule has 6 heteroatoms. The van der Waals surface area contributed by atoms with Crippen molar-refractivity contribution in [2.75, 3.05) is 13.2 Å². The van der Waals surface area contributed by atoms with Gasteiger partial charge in [0.05, 0.1) is 0 Å². The van der Waals surface area contributed by atoms with Crippen LogP contribution in [0, 0.1) is 0 Å². The van der Waals surface area contributed by atoms with Gasteiger partial charge in [-0.15, -0.1) is 0 Å². The van der Waals surface area contributed by atoms with Crippen LogP contribution in [-0.2, 0) is 28.6 Å². The molecule has 0 bridgehead atoms. The highest BCUT2D eigenvalue weighted by molar-refractivity contribution is 5.71. The van der Waals surface area contributed by atoms with Gasteiger partial charge in [-0.1, -0.05) is 224 Å². The Kier molecular flexibility index (Phi) is 46.2. The lowest BCUT2D eigenvalue weighted by molar-refractivity contribution is -0.167. The van der Waals surface area contributed by atoms with Crippen LogP contribution in [0.15, 0.2) is 146 Å². The van der Waals surface area contributed by atoms with Gasteiger partial charge in [0.25, 0.3) is 0 Å². The maximum atomic E-state index is 12.8. The van der Waals surface area contributed by atoms with Crippen molar-refractivity contribution in [2.24, 2.45) is 0 Å². The van der Waals surface area contributed by atoms with E-state index in [-0.39, 0.29) is 44.0 Å². The molecular weight excluding hydrogens is 781 g/mol. The largest absolute Gasteiger partial charge is 0.462 e. The van der Waals surface area contributed by atoms with Crippen LogP contribution in [0.25, 0.3) is 0 Å². The molecule has 0 aromatic rings. The average molecular weight is 867 g/mol. The highest BCUT2D eigenvalue weighted by Crippen LogP contribution is 2.13. The highest BCUT2D eigenvalue weighted by atomic mass is 16.6. The fraction of sp³-hybridized carbons (Fsp3) is 0.526. The molecule has 0 aliphatic carbocycles. The van der Waals surface area contributed by atoms with Gasteiger partial charge in [-0.2, -0.15) is 0 Å². The summed E-state index contributed by atoms with van der Waals surface area (Å²) in [4.78, 5) is 37.9. The number of carbonyl (C=O) groups is 3. The van der Waals surface area contributed by atoms with Gasteiger partial charge in [-0.05, 0) is 77.0 Å². The van der Waals surface area contributed by atoms with E-state index in [0.717, 1.165) is 57.8 Å². The van der Waals surface area contributed by atoms with Gasteiger partial charge in [0, 0.05) is 19.3 Å². The van der Waals surface area contributed by atoms with Crippen LogP contribution in [-0.4, -0.2) is 37.2 Å². The topological polar surface area (TPSA) is 78.9 Å². The van der Waals surface area contributed by atoms with Gasteiger partial charge in [-0.3, -0.25) is 14.4 Å². The summed E-state index contributed by atoms with van der Waals surface area (Å²) in [6.45, 7) is 6.20. The maximum absolute atomic E-state index is 12.8. The van der Waals surface area contributed by atoms with Crippen molar-refractivity contribution in [2.45, 2.75) is 181 Å². The Balaban J connectivity index is 4.62. The number of allylic oxidation sites excluding steroid dienone is 24. The van der Waals surface area contributed by atoms with Crippen molar-refractivity contribution in [1.29, 1.82) is 0 Å². The minimum Gasteiger partial charge on any atom is -0.462 e. The van der Waals surface area contributed by atoms with Crippen molar-refractivity contribution >= 4 is 17.9 Å². The van der Waals surface area contributed by atoms with Crippen molar-refractivity contribution in [3.63, 3.8) is 0 Å². The molecule has 1 unspecified atom stereocenters. The summed E-state index contributed by atoms with van der Waals surface area (Å²) in [6.07, 6.45) is 71.2. The zero-order valence-corrected chi connectivity index (χ0v) is 39.8. The van der Waals surface area contributed by atoms with Crippen LogP contribution in [0.1, 0.15) is 175 Å². The van der Waals surface area contributed by atoms with Gasteiger partial charge in [0.15, 0.2) is 6.10 Å². The molecule has 0 aromatic carbocycles. The summed E-state index contributed by atoms with van der Waals surface area (Å²) in [5.74, 6) is -1.07. The first kappa shape index (κ1) is 58.3. The lowest BCUT2D eigenvalue weighted by Crippen LogP contribution is -2.30. The first-order chi connectivity index (χ1) is 31.0. The van der Waals surface area contributed by atoms with E-state index in [9.17, 15) is 14.4 Å². The number of carbonyl (C=O) groups excluding carboxylic acids is 3. The summed E-state index contributed by atoms with van der Waals surface area (Å²) in [5, 5.41) is 0. The molecular formula is C57H86O6. The van der Waals surface area contributed by atoms with Crippen molar-refractivity contribution in [1.82, 2.24) is 0 Å². The molecule has 0 saturated carbocycles. The number of unbranched alkanes of at least 4 members (excludes halogenated alkanes) is 15. The summed E-state index contributed by atoms with van der Waals surface area (Å²) in [6, 6.07) is 0. The third kappa shape index (κ3) is 48.2. The first-order valence-corrected chi connectivity index (χ1v) is 24.5. The molecule has 0 rings (SSSR count). The number of hydrogen-bond acceptors (Lipinski definition) is 6. The molecule has 350 valence electrons. The van der Waals surface area contributed by atoms with E-state index < -0.39 is 6.10 Å². The van der Waals surface area contributed by atoms with E-state index in [0.29, 0.717) is 19.3 Å². The molecule has 63 heavy (non-hydrogen) atoms. The second kappa shape index (κ2) is 49.9. The molecule has 0 saturated heterocycles. The van der Waals surface area contributed by atoms with E-state index in [2.05, 4.69) is 51.2 Å². The van der Waals surface area contributed by atoms with E-state index >= 15 is 0 Å². The highest BCUT2D eigenvalue weighted by Gasteiger charge is 2.19. The van der Waals surface area contributed by atoms with Crippen LogP contribution >= 0.6 is 0 Å². The van der Waals surface area contributed by atoms with Gasteiger partial charge in [0.1, 0.15) is 13.2 Å². The number of esters is 3. The van der Waals surface area contributed by atoms with Gasteiger partial charge in [-0.25, -0.2) is 0 Å². The van der Waals surface area contributed by atoms with Gasteiger partial charge < -0.3 is 14.2 Å². The number of ether oxygens (including phenoxy) is 3. The third-order valence-electron chi connectivity index (χ3n) is 9.60. The van der Waals surface area contributed by atoms with E-state index in [1.807, 2.05) is 115 Å². The van der Waals surface area contributed by atoms with E-state index in [1.165, 1.54) is 64.2 Å². The Morgan fingerprint density at radius 3 is 1.10 bits per heavy atom. The standard InChI is InChI=1S/C57H86O6/c1-4-7-10-13-16-19-22-25-27-28-30-32-35-38-41-44-47-50-56(59)62-53-54(52-61-55(58)49-46-43-40-37-34-31-24-21-18-15-12-9-6-3)63-57(60)51-48-45-42-39-36-33-29-26-23-20-17-14-11-8-5-2/h7,9-10,12-13,15-16,18-25,27-28,30-32,34-35,37,40,54H,4-6,8,11,14,17,26,29,33,36,38-39,41-53H2,1-3H3/b10-7-,12-9-,16-13-,18-15-,22-19-,23-20-,24-21-,27-25-,30-28+,34-31-,35-32-,40-37-. The van der Waals surface area contributed by atoms with E-state index in [1.54, 1.807) is 0 Å². The zero-order chi connectivity index (χ0) is 45.8. The monoisotopic (exact) mass is 867 g/mol. The second-order valence-electron chi connectivity index (χ2n) is 15.5. The molecule has 1 atom stereocenters. The summed E-state index contributed by atoms with van der Waals surface area (Å²) in [5.41, 5.74) is 0. The first-order valence-electron chi connectivity index (χ1n) is 24.5. The Hall–Kier alpha value is -4.71.